The highest BCUT2D eigenvalue weighted by Crippen LogP contribution is 2.21. The Kier molecular flexibility index (Phi) is 5.00. The maximum atomic E-state index is 12.6. The molecule has 0 saturated carbocycles. The molecule has 2 aromatic carbocycles. The summed E-state index contributed by atoms with van der Waals surface area (Å²) >= 11 is 0. The van der Waals surface area contributed by atoms with Gasteiger partial charge in [0.25, 0.3) is 5.91 Å². The topological polar surface area (TPSA) is 42.2 Å². The minimum atomic E-state index is -0.106. The van der Waals surface area contributed by atoms with Gasteiger partial charge in [-0.1, -0.05) is 0 Å². The molecule has 5 nitrogen and oxygen atoms in total. The minimum Gasteiger partial charge on any atom is -0.346 e. The molecule has 4 aromatic rings. The van der Waals surface area contributed by atoms with Crippen molar-refractivity contribution in [3.63, 3.8) is 0 Å². The molecular formula is C23H24N4O. The van der Waals surface area contributed by atoms with Gasteiger partial charge in [-0.2, -0.15) is 0 Å². The first kappa shape index (κ1) is 18.1. The molecule has 0 atom stereocenters. The van der Waals surface area contributed by atoms with E-state index in [-0.39, 0.29) is 5.91 Å². The zero-order valence-corrected chi connectivity index (χ0v) is 16.2. The molecule has 0 aliphatic carbocycles. The number of hydrogen-bond donors (Lipinski definition) is 1. The van der Waals surface area contributed by atoms with E-state index < -0.39 is 0 Å². The van der Waals surface area contributed by atoms with Gasteiger partial charge in [0, 0.05) is 59.5 Å². The summed E-state index contributed by atoms with van der Waals surface area (Å²) in [6.07, 6.45) is 6.06. The number of nitrogens with one attached hydrogen (secondary N) is 1. The molecule has 0 fully saturated rings. The zero-order valence-electron chi connectivity index (χ0n) is 16.2. The molecule has 28 heavy (non-hydrogen) atoms. The summed E-state index contributed by atoms with van der Waals surface area (Å²) in [6.45, 7) is 1.93. The van der Waals surface area contributed by atoms with Crippen molar-refractivity contribution in [3.05, 3.63) is 84.8 Å². The fourth-order valence-corrected chi connectivity index (χ4v) is 3.28. The molecule has 0 unspecified atom stereocenters. The SMILES string of the molecule is CN(C)CCn1ccc2cc(NC(=O)c3ccc(-n4cccc4)cc3)ccc21. The number of amides is 1. The predicted molar refractivity (Wildman–Crippen MR) is 114 cm³/mol. The van der Waals surface area contributed by atoms with E-state index in [0.29, 0.717) is 5.56 Å². The Hall–Kier alpha value is -3.31. The summed E-state index contributed by atoms with van der Waals surface area (Å²) in [5.41, 5.74) is 3.65. The second kappa shape index (κ2) is 7.74. The molecular weight excluding hydrogens is 348 g/mol. The Morgan fingerprint density at radius 2 is 1.71 bits per heavy atom. The predicted octanol–water partition coefficient (Wildman–Crippen LogP) is 4.25. The van der Waals surface area contributed by atoms with Crippen LogP contribution in [0.15, 0.2) is 79.3 Å². The molecule has 142 valence electrons. The van der Waals surface area contributed by atoms with Crippen molar-refractivity contribution < 1.29 is 4.79 Å². The molecule has 1 amide bonds. The second-order valence-electron chi connectivity index (χ2n) is 7.18. The minimum absolute atomic E-state index is 0.106. The average molecular weight is 372 g/mol. The standard InChI is InChI=1S/C23H24N4O/c1-25(2)15-16-27-14-11-19-17-20(7-10-22(19)27)24-23(28)18-5-8-21(9-6-18)26-12-3-4-13-26/h3-14,17H,15-16H2,1-2H3,(H,24,28). The number of fused-ring (bicyclic) bond motifs is 1. The number of rotatable bonds is 6. The fourth-order valence-electron chi connectivity index (χ4n) is 3.28. The normalized spacial score (nSPS) is 11.2. The number of nitrogens with zero attached hydrogens (tertiary/aromatic N) is 3. The second-order valence-corrected chi connectivity index (χ2v) is 7.18. The Labute approximate surface area is 164 Å². The largest absolute Gasteiger partial charge is 0.346 e. The molecule has 0 spiro atoms. The van der Waals surface area contributed by atoms with E-state index in [1.807, 2.05) is 65.5 Å². The van der Waals surface area contributed by atoms with Crippen LogP contribution in [0.5, 0.6) is 0 Å². The number of hydrogen-bond acceptors (Lipinski definition) is 2. The smallest absolute Gasteiger partial charge is 0.255 e. The van der Waals surface area contributed by atoms with Crippen LogP contribution in [0.2, 0.25) is 0 Å². The summed E-state index contributed by atoms with van der Waals surface area (Å²) in [7, 11) is 4.15. The lowest BCUT2D eigenvalue weighted by atomic mass is 10.1. The van der Waals surface area contributed by atoms with E-state index >= 15 is 0 Å². The van der Waals surface area contributed by atoms with Crippen LogP contribution in [-0.4, -0.2) is 40.6 Å². The lowest BCUT2D eigenvalue weighted by Gasteiger charge is -2.11. The average Bonchev–Trinajstić information content (AvgIpc) is 3.36. The Balaban J connectivity index is 1.47. The number of carbonyl (C=O) groups excluding carboxylic acids is 1. The molecule has 4 rings (SSSR count). The lowest BCUT2D eigenvalue weighted by molar-refractivity contribution is 0.102. The van der Waals surface area contributed by atoms with Crippen LogP contribution in [0, 0.1) is 0 Å². The van der Waals surface area contributed by atoms with Gasteiger partial charge in [0.1, 0.15) is 0 Å². The lowest BCUT2D eigenvalue weighted by Crippen LogP contribution is -2.17. The first-order valence-corrected chi connectivity index (χ1v) is 9.38. The molecule has 5 heteroatoms. The number of carbonyl (C=O) groups is 1. The van der Waals surface area contributed by atoms with E-state index in [4.69, 9.17) is 0 Å². The monoisotopic (exact) mass is 372 g/mol. The van der Waals surface area contributed by atoms with Crippen molar-refractivity contribution in [1.29, 1.82) is 0 Å². The van der Waals surface area contributed by atoms with Crippen LogP contribution in [0.4, 0.5) is 5.69 Å². The van der Waals surface area contributed by atoms with E-state index in [9.17, 15) is 4.79 Å². The summed E-state index contributed by atoms with van der Waals surface area (Å²) in [6, 6.07) is 19.7. The Morgan fingerprint density at radius 3 is 2.43 bits per heavy atom. The number of likely N-dealkylation sites (N-methyl/N-ethyl adjacent to an activating group) is 1. The fraction of sp³-hybridized carbons (Fsp3) is 0.174. The van der Waals surface area contributed by atoms with Gasteiger partial charge in [0.15, 0.2) is 0 Å². The first-order chi connectivity index (χ1) is 13.6. The van der Waals surface area contributed by atoms with Crippen LogP contribution >= 0.6 is 0 Å². The van der Waals surface area contributed by atoms with Crippen LogP contribution in [0.1, 0.15) is 10.4 Å². The van der Waals surface area contributed by atoms with Crippen molar-refractivity contribution in [2.24, 2.45) is 0 Å². The van der Waals surface area contributed by atoms with Crippen LogP contribution < -0.4 is 5.32 Å². The van der Waals surface area contributed by atoms with Gasteiger partial charge in [-0.15, -0.1) is 0 Å². The number of anilines is 1. The van der Waals surface area contributed by atoms with Gasteiger partial charge in [0.2, 0.25) is 0 Å². The molecule has 0 aliphatic heterocycles. The van der Waals surface area contributed by atoms with Crippen molar-refractivity contribution in [2.75, 3.05) is 26.0 Å². The van der Waals surface area contributed by atoms with E-state index in [2.05, 4.69) is 47.2 Å². The molecule has 2 heterocycles. The van der Waals surface area contributed by atoms with Crippen LogP contribution in [0.25, 0.3) is 16.6 Å². The van der Waals surface area contributed by atoms with Crippen molar-refractivity contribution in [2.45, 2.75) is 6.54 Å². The van der Waals surface area contributed by atoms with Crippen molar-refractivity contribution in [1.82, 2.24) is 14.0 Å². The van der Waals surface area contributed by atoms with Crippen molar-refractivity contribution in [3.8, 4) is 5.69 Å². The number of aromatic nitrogens is 2. The molecule has 2 aromatic heterocycles. The van der Waals surface area contributed by atoms with E-state index in [1.165, 1.54) is 5.52 Å². The highest BCUT2D eigenvalue weighted by Gasteiger charge is 2.08. The molecule has 0 bridgehead atoms. The summed E-state index contributed by atoms with van der Waals surface area (Å²) < 4.78 is 4.25. The van der Waals surface area contributed by atoms with Gasteiger partial charge < -0.3 is 19.4 Å². The Bertz CT molecular complexity index is 1080. The third-order valence-corrected chi connectivity index (χ3v) is 4.85. The zero-order chi connectivity index (χ0) is 19.5. The summed E-state index contributed by atoms with van der Waals surface area (Å²) in [4.78, 5) is 14.8. The molecule has 0 aliphatic rings. The summed E-state index contributed by atoms with van der Waals surface area (Å²) in [5.74, 6) is -0.106. The van der Waals surface area contributed by atoms with Gasteiger partial charge in [-0.3, -0.25) is 4.79 Å². The van der Waals surface area contributed by atoms with Gasteiger partial charge in [-0.25, -0.2) is 0 Å². The van der Waals surface area contributed by atoms with Gasteiger partial charge in [-0.05, 0) is 74.8 Å². The van der Waals surface area contributed by atoms with E-state index in [1.54, 1.807) is 0 Å². The first-order valence-electron chi connectivity index (χ1n) is 9.38. The molecule has 0 saturated heterocycles. The van der Waals surface area contributed by atoms with Gasteiger partial charge in [0.05, 0.1) is 0 Å². The highest BCUT2D eigenvalue weighted by atomic mass is 16.1. The van der Waals surface area contributed by atoms with Crippen LogP contribution in [0.3, 0.4) is 0 Å². The Morgan fingerprint density at radius 1 is 0.964 bits per heavy atom. The van der Waals surface area contributed by atoms with Crippen molar-refractivity contribution >= 4 is 22.5 Å². The highest BCUT2D eigenvalue weighted by molar-refractivity contribution is 6.05. The summed E-state index contributed by atoms with van der Waals surface area (Å²) in [5, 5.41) is 4.13. The molecule has 1 N–H and O–H groups in total. The van der Waals surface area contributed by atoms with Gasteiger partial charge >= 0.3 is 0 Å². The maximum absolute atomic E-state index is 12.6. The van der Waals surface area contributed by atoms with E-state index in [0.717, 1.165) is 29.9 Å². The third kappa shape index (κ3) is 3.85. The number of benzene rings is 2. The molecule has 0 radical (unpaired) electrons. The van der Waals surface area contributed by atoms with Crippen LogP contribution in [-0.2, 0) is 6.54 Å². The maximum Gasteiger partial charge on any atom is 0.255 e. The third-order valence-electron chi connectivity index (χ3n) is 4.85. The quantitative estimate of drug-likeness (QED) is 0.550.